The normalized spacial score (nSPS) is 11.0. The van der Waals surface area contributed by atoms with Crippen molar-refractivity contribution in [2.24, 2.45) is 0 Å². The first-order valence-corrected chi connectivity index (χ1v) is 15.5. The van der Waals surface area contributed by atoms with Crippen LogP contribution in [0.5, 0.6) is 0 Å². The SMILES string of the molecule is Fc1ccc(Nc2nc(Nc3ccc(F)cc3)nc(-c3cn(-c4ccccc4-c4nc(-c5ccccc5)c(-c5ccccc5)o4)nn3)n2)cc1. The Bertz CT molecular complexity index is 2270. The quantitative estimate of drug-likeness (QED) is 0.156. The van der Waals surface area contributed by atoms with Crippen molar-refractivity contribution in [2.75, 3.05) is 10.6 Å². The molecule has 50 heavy (non-hydrogen) atoms. The number of rotatable bonds is 9. The van der Waals surface area contributed by atoms with E-state index in [4.69, 9.17) is 9.40 Å². The Kier molecular flexibility index (Phi) is 7.99. The van der Waals surface area contributed by atoms with E-state index in [1.54, 1.807) is 35.1 Å². The van der Waals surface area contributed by atoms with Crippen molar-refractivity contribution in [3.05, 3.63) is 151 Å². The van der Waals surface area contributed by atoms with Crippen LogP contribution in [0.25, 0.3) is 51.2 Å². The number of oxazole rings is 1. The number of hydrogen-bond acceptors (Lipinski definition) is 9. The number of benzene rings is 5. The summed E-state index contributed by atoms with van der Waals surface area (Å²) in [5, 5.41) is 15.0. The van der Waals surface area contributed by atoms with E-state index in [9.17, 15) is 8.78 Å². The van der Waals surface area contributed by atoms with Gasteiger partial charge in [-0.3, -0.25) is 0 Å². The van der Waals surface area contributed by atoms with Crippen LogP contribution in [-0.2, 0) is 0 Å². The van der Waals surface area contributed by atoms with Gasteiger partial charge < -0.3 is 15.1 Å². The molecule has 0 saturated heterocycles. The molecule has 3 heterocycles. The van der Waals surface area contributed by atoms with Crippen molar-refractivity contribution in [3.63, 3.8) is 0 Å². The minimum Gasteiger partial charge on any atom is -0.435 e. The average Bonchev–Trinajstić information content (AvgIpc) is 3.83. The van der Waals surface area contributed by atoms with Crippen LogP contribution in [0.3, 0.4) is 0 Å². The summed E-state index contributed by atoms with van der Waals surface area (Å²) in [7, 11) is 0. The summed E-state index contributed by atoms with van der Waals surface area (Å²) in [6.07, 6.45) is 1.69. The van der Waals surface area contributed by atoms with Crippen molar-refractivity contribution in [3.8, 4) is 51.2 Å². The zero-order chi connectivity index (χ0) is 33.9. The molecule has 0 aliphatic carbocycles. The minimum absolute atomic E-state index is 0.169. The molecule has 0 bridgehead atoms. The number of halogens is 2. The first-order valence-electron chi connectivity index (χ1n) is 15.5. The molecule has 0 atom stereocenters. The predicted octanol–water partition coefficient (Wildman–Crippen LogP) is 8.87. The van der Waals surface area contributed by atoms with Crippen molar-refractivity contribution in [2.45, 2.75) is 0 Å². The van der Waals surface area contributed by atoms with Crippen LogP contribution in [0, 0.1) is 11.6 Å². The standard InChI is InChI=1S/C38H25F2N9O/c39-26-15-19-28(20-16-26)41-37-44-35(45-38(46-37)42-29-21-17-27(40)18-22-29)31-23-49(48-47-31)32-14-8-7-13-30(32)36-43-33(24-9-3-1-4-10-24)34(50-36)25-11-5-2-6-12-25/h1-23H,(H2,41,42,44,45,46). The third-order valence-corrected chi connectivity index (χ3v) is 7.65. The summed E-state index contributed by atoms with van der Waals surface area (Å²) in [6.45, 7) is 0. The molecule has 0 unspecified atom stereocenters. The molecule has 0 radical (unpaired) electrons. The monoisotopic (exact) mass is 661 g/mol. The van der Waals surface area contributed by atoms with Crippen molar-refractivity contribution >= 4 is 23.3 Å². The Morgan fingerprint density at radius 2 is 1.12 bits per heavy atom. The van der Waals surface area contributed by atoms with Gasteiger partial charge >= 0.3 is 0 Å². The molecule has 0 amide bonds. The second-order valence-corrected chi connectivity index (χ2v) is 11.1. The van der Waals surface area contributed by atoms with Crippen LogP contribution in [-0.4, -0.2) is 34.9 Å². The smallest absolute Gasteiger partial charge is 0.232 e. The molecule has 5 aromatic carbocycles. The lowest BCUT2D eigenvalue weighted by Crippen LogP contribution is -2.05. The summed E-state index contributed by atoms with van der Waals surface area (Å²) in [5.41, 5.74) is 5.35. The summed E-state index contributed by atoms with van der Waals surface area (Å²) >= 11 is 0. The van der Waals surface area contributed by atoms with Gasteiger partial charge in [-0.2, -0.15) is 15.0 Å². The molecule has 10 nitrogen and oxygen atoms in total. The van der Waals surface area contributed by atoms with E-state index in [1.165, 1.54) is 24.3 Å². The maximum Gasteiger partial charge on any atom is 0.232 e. The molecule has 12 heteroatoms. The van der Waals surface area contributed by atoms with Crippen LogP contribution < -0.4 is 10.6 Å². The van der Waals surface area contributed by atoms with E-state index >= 15 is 0 Å². The maximum atomic E-state index is 13.6. The van der Waals surface area contributed by atoms with E-state index in [0.29, 0.717) is 45.7 Å². The highest BCUT2D eigenvalue weighted by Crippen LogP contribution is 2.37. The number of nitrogens with zero attached hydrogens (tertiary/aromatic N) is 7. The highest BCUT2D eigenvalue weighted by Gasteiger charge is 2.21. The van der Waals surface area contributed by atoms with E-state index < -0.39 is 0 Å². The molecule has 8 rings (SSSR count). The van der Waals surface area contributed by atoms with Gasteiger partial charge in [0.2, 0.25) is 17.8 Å². The number of nitrogens with one attached hydrogen (secondary N) is 2. The highest BCUT2D eigenvalue weighted by atomic mass is 19.1. The fourth-order valence-corrected chi connectivity index (χ4v) is 5.28. The van der Waals surface area contributed by atoms with Gasteiger partial charge in [0.25, 0.3) is 0 Å². The second-order valence-electron chi connectivity index (χ2n) is 11.1. The minimum atomic E-state index is -0.375. The van der Waals surface area contributed by atoms with Crippen LogP contribution >= 0.6 is 0 Å². The Balaban J connectivity index is 1.17. The van der Waals surface area contributed by atoms with Crippen LogP contribution in [0.4, 0.5) is 32.1 Å². The van der Waals surface area contributed by atoms with Crippen LogP contribution in [0.15, 0.2) is 144 Å². The Labute approximate surface area is 284 Å². The number of para-hydroxylation sites is 1. The van der Waals surface area contributed by atoms with E-state index in [2.05, 4.69) is 35.9 Å². The number of aromatic nitrogens is 7. The van der Waals surface area contributed by atoms with Crippen molar-refractivity contribution in [1.29, 1.82) is 0 Å². The zero-order valence-electron chi connectivity index (χ0n) is 26.1. The summed E-state index contributed by atoms with van der Waals surface area (Å²) < 4.78 is 35.2. The highest BCUT2D eigenvalue weighted by molar-refractivity contribution is 5.80. The first kappa shape index (κ1) is 30.3. The summed E-state index contributed by atoms with van der Waals surface area (Å²) in [5.74, 6) is 0.845. The first-order chi connectivity index (χ1) is 24.6. The molecule has 0 spiro atoms. The zero-order valence-corrected chi connectivity index (χ0v) is 26.1. The van der Waals surface area contributed by atoms with Crippen molar-refractivity contribution < 1.29 is 13.2 Å². The lowest BCUT2D eigenvalue weighted by molar-refractivity contribution is 0.588. The topological polar surface area (TPSA) is 119 Å². The van der Waals surface area contributed by atoms with Gasteiger partial charge in [-0.25, -0.2) is 18.4 Å². The molecule has 0 aliphatic rings. The molecular weight excluding hydrogens is 636 g/mol. The molecule has 8 aromatic rings. The summed E-state index contributed by atoms with van der Waals surface area (Å²) in [4.78, 5) is 18.6. The lowest BCUT2D eigenvalue weighted by atomic mass is 10.1. The van der Waals surface area contributed by atoms with Gasteiger partial charge in [0, 0.05) is 22.5 Å². The van der Waals surface area contributed by atoms with Gasteiger partial charge in [-0.15, -0.1) is 5.10 Å². The number of anilines is 4. The molecule has 242 valence electrons. The molecule has 0 saturated carbocycles. The molecule has 2 N–H and O–H groups in total. The average molecular weight is 662 g/mol. The molecule has 0 fully saturated rings. The predicted molar refractivity (Wildman–Crippen MR) is 186 cm³/mol. The van der Waals surface area contributed by atoms with Gasteiger partial charge in [-0.05, 0) is 60.7 Å². The Morgan fingerprint density at radius 3 is 1.74 bits per heavy atom. The van der Waals surface area contributed by atoms with Crippen LogP contribution in [0.2, 0.25) is 0 Å². The third-order valence-electron chi connectivity index (χ3n) is 7.65. The maximum absolute atomic E-state index is 13.6. The Hall–Kier alpha value is -7.08. The van der Waals surface area contributed by atoms with Gasteiger partial charge in [0.05, 0.1) is 17.4 Å². The lowest BCUT2D eigenvalue weighted by Gasteiger charge is -2.10. The summed E-state index contributed by atoms with van der Waals surface area (Å²) in [6, 6.07) is 38.9. The van der Waals surface area contributed by atoms with E-state index in [-0.39, 0.29) is 29.4 Å². The van der Waals surface area contributed by atoms with Crippen molar-refractivity contribution in [1.82, 2.24) is 34.9 Å². The fraction of sp³-hybridized carbons (Fsp3) is 0. The largest absolute Gasteiger partial charge is 0.435 e. The second kappa shape index (κ2) is 13.2. The number of hydrogen-bond donors (Lipinski definition) is 2. The van der Waals surface area contributed by atoms with Gasteiger partial charge in [-0.1, -0.05) is 78.0 Å². The van der Waals surface area contributed by atoms with Gasteiger partial charge in [0.1, 0.15) is 17.3 Å². The molecular formula is C38H25F2N9O. The fourth-order valence-electron chi connectivity index (χ4n) is 5.28. The van der Waals surface area contributed by atoms with E-state index in [0.717, 1.165) is 11.1 Å². The Morgan fingerprint density at radius 1 is 0.560 bits per heavy atom. The third kappa shape index (κ3) is 6.40. The molecule has 3 aromatic heterocycles. The molecule has 0 aliphatic heterocycles. The van der Waals surface area contributed by atoms with E-state index in [1.807, 2.05) is 84.9 Å². The van der Waals surface area contributed by atoms with Gasteiger partial charge in [0.15, 0.2) is 17.3 Å². The van der Waals surface area contributed by atoms with Crippen LogP contribution in [0.1, 0.15) is 0 Å².